The zero-order valence-electron chi connectivity index (χ0n) is 12.9. The minimum Gasteiger partial charge on any atom is -0.484 e. The standard InChI is InChI=1S/C16H16N2O5S/c1-11(19)12-2-6-14(7-3-12)23-10-16(20)18-13-4-8-15(9-5-13)24(17,21)22/h2-9H,10H2,1H3,(H,18,20)(H2,17,21,22). The molecule has 0 spiro atoms. The van der Waals surface area contributed by atoms with Crippen molar-refractivity contribution < 1.29 is 22.7 Å². The average Bonchev–Trinajstić information content (AvgIpc) is 2.53. The van der Waals surface area contributed by atoms with Crippen molar-refractivity contribution >= 4 is 27.4 Å². The molecule has 8 heteroatoms. The van der Waals surface area contributed by atoms with E-state index in [9.17, 15) is 18.0 Å². The maximum Gasteiger partial charge on any atom is 0.262 e. The van der Waals surface area contributed by atoms with Crippen LogP contribution < -0.4 is 15.2 Å². The predicted molar refractivity (Wildman–Crippen MR) is 88.4 cm³/mol. The summed E-state index contributed by atoms with van der Waals surface area (Å²) in [7, 11) is -3.77. The van der Waals surface area contributed by atoms with Gasteiger partial charge in [-0.1, -0.05) is 0 Å². The highest BCUT2D eigenvalue weighted by atomic mass is 32.2. The first-order chi connectivity index (χ1) is 11.3. The third-order valence-electron chi connectivity index (χ3n) is 3.10. The highest BCUT2D eigenvalue weighted by Gasteiger charge is 2.08. The molecule has 0 fully saturated rings. The second kappa shape index (κ2) is 7.24. The molecule has 7 nitrogen and oxygen atoms in total. The van der Waals surface area contributed by atoms with Gasteiger partial charge in [-0.05, 0) is 55.5 Å². The Bertz CT molecular complexity index is 843. The molecule has 0 heterocycles. The first-order valence-corrected chi connectivity index (χ1v) is 8.47. The van der Waals surface area contributed by atoms with E-state index in [2.05, 4.69) is 5.32 Å². The minimum atomic E-state index is -3.77. The third kappa shape index (κ3) is 4.90. The highest BCUT2D eigenvalue weighted by molar-refractivity contribution is 7.89. The molecule has 1 amide bonds. The van der Waals surface area contributed by atoms with Crippen LogP contribution >= 0.6 is 0 Å². The van der Waals surface area contributed by atoms with E-state index in [0.29, 0.717) is 17.0 Å². The zero-order valence-corrected chi connectivity index (χ0v) is 13.7. The molecule has 0 saturated carbocycles. The topological polar surface area (TPSA) is 116 Å². The van der Waals surface area contributed by atoms with Crippen LogP contribution in [0.25, 0.3) is 0 Å². The molecule has 3 N–H and O–H groups in total. The zero-order chi connectivity index (χ0) is 17.7. The van der Waals surface area contributed by atoms with Crippen molar-refractivity contribution in [3.8, 4) is 5.75 Å². The number of ketones is 1. The SMILES string of the molecule is CC(=O)c1ccc(OCC(=O)Nc2ccc(S(N)(=O)=O)cc2)cc1. The van der Waals surface area contributed by atoms with Crippen LogP contribution in [-0.4, -0.2) is 26.7 Å². The fourth-order valence-corrected chi connectivity index (χ4v) is 2.38. The molecule has 24 heavy (non-hydrogen) atoms. The Morgan fingerprint density at radius 2 is 1.62 bits per heavy atom. The fraction of sp³-hybridized carbons (Fsp3) is 0.125. The maximum atomic E-state index is 11.8. The van der Waals surface area contributed by atoms with Crippen LogP contribution in [0.5, 0.6) is 5.75 Å². The highest BCUT2D eigenvalue weighted by Crippen LogP contribution is 2.14. The number of benzene rings is 2. The van der Waals surface area contributed by atoms with Gasteiger partial charge < -0.3 is 10.1 Å². The quantitative estimate of drug-likeness (QED) is 0.769. The van der Waals surface area contributed by atoms with Gasteiger partial charge in [-0.15, -0.1) is 0 Å². The van der Waals surface area contributed by atoms with Crippen LogP contribution in [0.4, 0.5) is 5.69 Å². The number of sulfonamides is 1. The van der Waals surface area contributed by atoms with Crippen LogP contribution in [0, 0.1) is 0 Å². The van der Waals surface area contributed by atoms with E-state index in [1.54, 1.807) is 24.3 Å². The lowest BCUT2D eigenvalue weighted by Gasteiger charge is -2.08. The summed E-state index contributed by atoms with van der Waals surface area (Å²) in [6, 6.07) is 11.9. The summed E-state index contributed by atoms with van der Waals surface area (Å²) < 4.78 is 27.6. The van der Waals surface area contributed by atoms with Gasteiger partial charge >= 0.3 is 0 Å². The van der Waals surface area contributed by atoms with E-state index in [4.69, 9.17) is 9.88 Å². The molecular weight excluding hydrogens is 332 g/mol. The number of anilines is 1. The maximum absolute atomic E-state index is 11.8. The molecule has 0 saturated heterocycles. The van der Waals surface area contributed by atoms with Crippen LogP contribution in [-0.2, 0) is 14.8 Å². The van der Waals surface area contributed by atoms with Crippen molar-refractivity contribution in [1.82, 2.24) is 0 Å². The number of ether oxygens (including phenoxy) is 1. The van der Waals surface area contributed by atoms with Crippen LogP contribution in [0.15, 0.2) is 53.4 Å². The second-order valence-corrected chi connectivity index (χ2v) is 6.55. The summed E-state index contributed by atoms with van der Waals surface area (Å²) in [4.78, 5) is 22.9. The summed E-state index contributed by atoms with van der Waals surface area (Å²) in [5, 5.41) is 7.56. The van der Waals surface area contributed by atoms with Gasteiger partial charge in [0.25, 0.3) is 5.91 Å². The number of primary sulfonamides is 1. The molecule has 0 aromatic heterocycles. The van der Waals surface area contributed by atoms with Crippen molar-refractivity contribution in [3.63, 3.8) is 0 Å². The van der Waals surface area contributed by atoms with Gasteiger partial charge in [-0.2, -0.15) is 0 Å². The average molecular weight is 348 g/mol. The number of hydrogen-bond donors (Lipinski definition) is 2. The van der Waals surface area contributed by atoms with Crippen LogP contribution in [0.2, 0.25) is 0 Å². The number of carbonyl (C=O) groups is 2. The van der Waals surface area contributed by atoms with Crippen molar-refractivity contribution in [1.29, 1.82) is 0 Å². The van der Waals surface area contributed by atoms with Crippen molar-refractivity contribution in [3.05, 3.63) is 54.1 Å². The molecule has 0 radical (unpaired) electrons. The lowest BCUT2D eigenvalue weighted by molar-refractivity contribution is -0.118. The number of nitrogens with one attached hydrogen (secondary N) is 1. The van der Waals surface area contributed by atoms with Gasteiger partial charge in [0.2, 0.25) is 10.0 Å². The van der Waals surface area contributed by atoms with Gasteiger partial charge in [0.1, 0.15) is 5.75 Å². The summed E-state index contributed by atoms with van der Waals surface area (Å²) in [5.74, 6) is -0.00374. The first-order valence-electron chi connectivity index (χ1n) is 6.92. The smallest absolute Gasteiger partial charge is 0.262 e. The Morgan fingerprint density at radius 3 is 2.12 bits per heavy atom. The summed E-state index contributed by atoms with van der Waals surface area (Å²) in [5.41, 5.74) is 0.977. The molecule has 0 aliphatic heterocycles. The van der Waals surface area contributed by atoms with Gasteiger partial charge in [-0.3, -0.25) is 9.59 Å². The summed E-state index contributed by atoms with van der Waals surface area (Å²) in [6.45, 7) is 1.24. The molecule has 0 aliphatic rings. The molecule has 0 atom stereocenters. The molecular formula is C16H16N2O5S. The molecule has 2 aromatic rings. The predicted octanol–water partition coefficient (Wildman–Crippen LogP) is 1.55. The van der Waals surface area contributed by atoms with E-state index < -0.39 is 15.9 Å². The normalized spacial score (nSPS) is 10.9. The van der Waals surface area contributed by atoms with E-state index in [0.717, 1.165) is 0 Å². The number of Topliss-reactive ketones (excluding diaryl/α,β-unsaturated/α-hetero) is 1. The molecule has 2 aromatic carbocycles. The molecule has 0 bridgehead atoms. The summed E-state index contributed by atoms with van der Waals surface area (Å²) in [6.07, 6.45) is 0. The van der Waals surface area contributed by atoms with Crippen LogP contribution in [0.3, 0.4) is 0 Å². The van der Waals surface area contributed by atoms with E-state index >= 15 is 0 Å². The molecule has 2 rings (SSSR count). The first kappa shape index (κ1) is 17.6. The Morgan fingerprint density at radius 1 is 1.04 bits per heavy atom. The monoisotopic (exact) mass is 348 g/mol. The number of rotatable bonds is 6. The van der Waals surface area contributed by atoms with E-state index in [-0.39, 0.29) is 17.3 Å². The Balaban J connectivity index is 1.90. The van der Waals surface area contributed by atoms with Gasteiger partial charge in [-0.25, -0.2) is 13.6 Å². The largest absolute Gasteiger partial charge is 0.484 e. The lowest BCUT2D eigenvalue weighted by atomic mass is 10.1. The summed E-state index contributed by atoms with van der Waals surface area (Å²) >= 11 is 0. The van der Waals surface area contributed by atoms with E-state index in [1.807, 2.05) is 0 Å². The van der Waals surface area contributed by atoms with Gasteiger partial charge in [0, 0.05) is 11.3 Å². The molecule has 0 aliphatic carbocycles. The van der Waals surface area contributed by atoms with Crippen molar-refractivity contribution in [2.45, 2.75) is 11.8 Å². The number of carbonyl (C=O) groups excluding carboxylic acids is 2. The number of amides is 1. The Hall–Kier alpha value is -2.71. The molecule has 126 valence electrons. The lowest BCUT2D eigenvalue weighted by Crippen LogP contribution is -2.20. The third-order valence-corrected chi connectivity index (χ3v) is 4.03. The van der Waals surface area contributed by atoms with E-state index in [1.165, 1.54) is 31.2 Å². The Kier molecular flexibility index (Phi) is 5.32. The number of nitrogens with two attached hydrogens (primary N) is 1. The fourth-order valence-electron chi connectivity index (χ4n) is 1.86. The minimum absolute atomic E-state index is 0.0395. The van der Waals surface area contributed by atoms with Gasteiger partial charge in [0.05, 0.1) is 4.90 Å². The van der Waals surface area contributed by atoms with Gasteiger partial charge in [0.15, 0.2) is 12.4 Å². The second-order valence-electron chi connectivity index (χ2n) is 4.99. The number of hydrogen-bond acceptors (Lipinski definition) is 5. The van der Waals surface area contributed by atoms with Crippen molar-refractivity contribution in [2.24, 2.45) is 5.14 Å². The molecule has 0 unspecified atom stereocenters. The Labute approximate surface area is 139 Å². The van der Waals surface area contributed by atoms with Crippen LogP contribution in [0.1, 0.15) is 17.3 Å². The van der Waals surface area contributed by atoms with Crippen molar-refractivity contribution in [2.75, 3.05) is 11.9 Å².